The molecule has 0 aromatic heterocycles. The van der Waals surface area contributed by atoms with Gasteiger partial charge in [0.2, 0.25) is 0 Å². The van der Waals surface area contributed by atoms with Crippen LogP contribution < -0.4 is 0 Å². The Bertz CT molecular complexity index is 180. The van der Waals surface area contributed by atoms with E-state index in [1.54, 1.807) is 5.57 Å². The zero-order valence-electron chi connectivity index (χ0n) is 5.85. The second kappa shape index (κ2) is 1.50. The second-order valence-corrected chi connectivity index (χ2v) is 3.33. The zero-order chi connectivity index (χ0) is 6.43. The molecule has 3 aliphatic rings. The average Bonchev–Trinajstić information content (AvgIpc) is 1.57. The van der Waals surface area contributed by atoms with Gasteiger partial charge in [0, 0.05) is 0 Å². The molecule has 0 aliphatic heterocycles. The van der Waals surface area contributed by atoms with Crippen LogP contribution in [0.5, 0.6) is 0 Å². The smallest absolute Gasteiger partial charge is 0.0156 e. The van der Waals surface area contributed by atoms with E-state index in [2.05, 4.69) is 19.6 Å². The van der Waals surface area contributed by atoms with Gasteiger partial charge in [-0.1, -0.05) is 23.8 Å². The third-order valence-electron chi connectivity index (χ3n) is 2.72. The molecule has 3 rings (SSSR count). The number of hydrogen-bond acceptors (Lipinski definition) is 0. The fraction of sp³-hybridized carbons (Fsp3) is 0.556. The number of fused-ring (bicyclic) bond motifs is 1. The predicted molar refractivity (Wildman–Crippen MR) is 39.1 cm³/mol. The van der Waals surface area contributed by atoms with E-state index in [9.17, 15) is 0 Å². The lowest BCUT2D eigenvalue weighted by atomic mass is 9.64. The minimum absolute atomic E-state index is 0.860. The van der Waals surface area contributed by atoms with Crippen LogP contribution in [-0.2, 0) is 0 Å². The first-order valence-corrected chi connectivity index (χ1v) is 3.64. The fourth-order valence-corrected chi connectivity index (χ4v) is 1.82. The highest BCUT2D eigenvalue weighted by atomic mass is 14.4. The first-order chi connectivity index (χ1) is 4.27. The van der Waals surface area contributed by atoms with Crippen molar-refractivity contribution >= 4 is 0 Å². The van der Waals surface area contributed by atoms with E-state index < -0.39 is 0 Å². The Hall–Kier alpha value is -0.520. The standard InChI is InChI=1S/C9H12/c1-6-3-7(2)9-4-8(6)5-9/h3,8-9H,1,4-5H2,2H3. The van der Waals surface area contributed by atoms with Gasteiger partial charge in [0.05, 0.1) is 0 Å². The monoisotopic (exact) mass is 120 g/mol. The van der Waals surface area contributed by atoms with Gasteiger partial charge in [-0.3, -0.25) is 0 Å². The van der Waals surface area contributed by atoms with Crippen molar-refractivity contribution in [3.8, 4) is 0 Å². The van der Waals surface area contributed by atoms with Crippen molar-refractivity contribution in [3.05, 3.63) is 23.8 Å². The Morgan fingerprint density at radius 1 is 1.44 bits per heavy atom. The van der Waals surface area contributed by atoms with Crippen molar-refractivity contribution in [2.75, 3.05) is 0 Å². The number of hydrogen-bond donors (Lipinski definition) is 0. The van der Waals surface area contributed by atoms with Crippen molar-refractivity contribution in [2.45, 2.75) is 19.8 Å². The van der Waals surface area contributed by atoms with E-state index in [0.717, 1.165) is 11.8 Å². The van der Waals surface area contributed by atoms with Gasteiger partial charge in [0.25, 0.3) is 0 Å². The third-order valence-corrected chi connectivity index (χ3v) is 2.72. The van der Waals surface area contributed by atoms with Gasteiger partial charge < -0.3 is 0 Å². The lowest BCUT2D eigenvalue weighted by Crippen LogP contribution is -2.29. The summed E-state index contributed by atoms with van der Waals surface area (Å²) in [5.41, 5.74) is 2.93. The quantitative estimate of drug-likeness (QED) is 0.461. The first kappa shape index (κ1) is 5.28. The molecule has 0 nitrogen and oxygen atoms in total. The van der Waals surface area contributed by atoms with Crippen LogP contribution in [0.1, 0.15) is 19.8 Å². The Morgan fingerprint density at radius 3 is 2.44 bits per heavy atom. The van der Waals surface area contributed by atoms with Gasteiger partial charge in [-0.2, -0.15) is 0 Å². The van der Waals surface area contributed by atoms with Crippen LogP contribution in [0.2, 0.25) is 0 Å². The predicted octanol–water partition coefficient (Wildman–Crippen LogP) is 2.53. The van der Waals surface area contributed by atoms with Gasteiger partial charge in [-0.05, 0) is 31.6 Å². The van der Waals surface area contributed by atoms with E-state index in [1.165, 1.54) is 18.4 Å². The number of allylic oxidation sites excluding steroid dienone is 3. The summed E-state index contributed by atoms with van der Waals surface area (Å²) in [5.74, 6) is 1.79. The molecule has 0 radical (unpaired) electrons. The van der Waals surface area contributed by atoms with Crippen LogP contribution in [-0.4, -0.2) is 0 Å². The number of rotatable bonds is 0. The maximum atomic E-state index is 4.01. The van der Waals surface area contributed by atoms with Crippen molar-refractivity contribution in [2.24, 2.45) is 11.8 Å². The van der Waals surface area contributed by atoms with Crippen molar-refractivity contribution in [3.63, 3.8) is 0 Å². The van der Waals surface area contributed by atoms with Crippen LogP contribution >= 0.6 is 0 Å². The van der Waals surface area contributed by atoms with Crippen molar-refractivity contribution in [1.29, 1.82) is 0 Å². The lowest BCUT2D eigenvalue weighted by Gasteiger charge is -2.41. The Labute approximate surface area is 56.3 Å². The normalized spacial score (nSPS) is 39.7. The molecular weight excluding hydrogens is 108 g/mol. The molecule has 9 heavy (non-hydrogen) atoms. The summed E-state index contributed by atoms with van der Waals surface area (Å²) in [6, 6.07) is 0. The van der Waals surface area contributed by atoms with Gasteiger partial charge >= 0.3 is 0 Å². The van der Waals surface area contributed by atoms with Gasteiger partial charge in [0.1, 0.15) is 0 Å². The summed E-state index contributed by atoms with van der Waals surface area (Å²) in [4.78, 5) is 0. The first-order valence-electron chi connectivity index (χ1n) is 3.64. The van der Waals surface area contributed by atoms with Gasteiger partial charge in [-0.15, -0.1) is 0 Å². The maximum Gasteiger partial charge on any atom is -0.0156 e. The van der Waals surface area contributed by atoms with E-state index in [0.29, 0.717) is 0 Å². The Balaban J connectivity index is 2.34. The molecule has 0 aromatic carbocycles. The molecule has 1 fully saturated rings. The molecule has 0 unspecified atom stereocenters. The molecule has 1 saturated carbocycles. The van der Waals surface area contributed by atoms with Crippen LogP contribution in [0.15, 0.2) is 23.8 Å². The topological polar surface area (TPSA) is 0 Å². The largest absolute Gasteiger partial charge is 0.0956 e. The summed E-state index contributed by atoms with van der Waals surface area (Å²) in [6.07, 6.45) is 5.05. The zero-order valence-corrected chi connectivity index (χ0v) is 5.85. The maximum absolute atomic E-state index is 4.01. The summed E-state index contributed by atoms with van der Waals surface area (Å²) < 4.78 is 0. The van der Waals surface area contributed by atoms with Crippen molar-refractivity contribution in [1.82, 2.24) is 0 Å². The van der Waals surface area contributed by atoms with Gasteiger partial charge in [0.15, 0.2) is 0 Å². The van der Waals surface area contributed by atoms with E-state index in [4.69, 9.17) is 0 Å². The highest BCUT2D eigenvalue weighted by Gasteiger charge is 2.34. The Kier molecular flexibility index (Phi) is 0.879. The molecular formula is C9H12. The summed E-state index contributed by atoms with van der Waals surface area (Å²) in [5, 5.41) is 0. The minimum atomic E-state index is 0.860. The summed E-state index contributed by atoms with van der Waals surface area (Å²) in [7, 11) is 0. The van der Waals surface area contributed by atoms with E-state index >= 15 is 0 Å². The third kappa shape index (κ3) is 0.592. The SMILES string of the molecule is C=C1C=C(C)C2CC1C2. The molecule has 3 aliphatic carbocycles. The second-order valence-electron chi connectivity index (χ2n) is 3.33. The molecule has 0 N–H and O–H groups in total. The average molecular weight is 120 g/mol. The molecule has 48 valence electrons. The van der Waals surface area contributed by atoms with E-state index in [-0.39, 0.29) is 0 Å². The molecule has 2 bridgehead atoms. The lowest BCUT2D eigenvalue weighted by molar-refractivity contribution is 0.256. The molecule has 0 saturated heterocycles. The van der Waals surface area contributed by atoms with Crippen LogP contribution in [0, 0.1) is 11.8 Å². The van der Waals surface area contributed by atoms with Crippen LogP contribution in [0.25, 0.3) is 0 Å². The minimum Gasteiger partial charge on any atom is -0.0956 e. The molecule has 0 aromatic rings. The van der Waals surface area contributed by atoms with E-state index in [1.807, 2.05) is 0 Å². The molecule has 0 heterocycles. The van der Waals surface area contributed by atoms with Crippen LogP contribution in [0.3, 0.4) is 0 Å². The van der Waals surface area contributed by atoms with Crippen LogP contribution in [0.4, 0.5) is 0 Å². The van der Waals surface area contributed by atoms with Gasteiger partial charge in [-0.25, -0.2) is 0 Å². The summed E-state index contributed by atoms with van der Waals surface area (Å²) in [6.45, 7) is 6.23. The summed E-state index contributed by atoms with van der Waals surface area (Å²) >= 11 is 0. The molecule has 0 atom stereocenters. The molecule has 0 spiro atoms. The fourth-order valence-electron chi connectivity index (χ4n) is 1.82. The Morgan fingerprint density at radius 2 is 2.11 bits per heavy atom. The highest BCUT2D eigenvalue weighted by Crippen LogP contribution is 2.47. The van der Waals surface area contributed by atoms with Crippen molar-refractivity contribution < 1.29 is 0 Å². The molecule has 0 heteroatoms. The molecule has 0 amide bonds. The highest BCUT2D eigenvalue weighted by molar-refractivity contribution is 5.33.